The highest BCUT2D eigenvalue weighted by molar-refractivity contribution is 5.14. The number of nitrogens with one attached hydrogen (secondary N) is 1. The number of hydrogen-bond acceptors (Lipinski definition) is 4. The smallest absolute Gasteiger partial charge is 0.0638 e. The Balaban J connectivity index is 1.76. The van der Waals surface area contributed by atoms with Crippen LogP contribution in [-0.2, 0) is 11.3 Å². The van der Waals surface area contributed by atoms with Crippen LogP contribution in [0.25, 0.3) is 0 Å². The van der Waals surface area contributed by atoms with Crippen LogP contribution in [0.5, 0.6) is 0 Å². The molecule has 4 nitrogen and oxygen atoms in total. The molecule has 1 aliphatic rings. The quantitative estimate of drug-likeness (QED) is 0.766. The first-order chi connectivity index (χ1) is 9.31. The monoisotopic (exact) mass is 264 g/mol. The van der Waals surface area contributed by atoms with E-state index in [1.54, 1.807) is 7.11 Å². The third-order valence-electron chi connectivity index (χ3n) is 3.58. The van der Waals surface area contributed by atoms with E-state index in [2.05, 4.69) is 40.5 Å². The van der Waals surface area contributed by atoms with Crippen LogP contribution in [0, 0.1) is 0 Å². The topological polar surface area (TPSA) is 44.7 Å². The van der Waals surface area contributed by atoms with E-state index in [9.17, 15) is 5.11 Å². The van der Waals surface area contributed by atoms with Gasteiger partial charge in [0.15, 0.2) is 0 Å². The third kappa shape index (κ3) is 4.58. The largest absolute Gasteiger partial charge is 0.395 e. The second-order valence-electron chi connectivity index (χ2n) is 5.21. The van der Waals surface area contributed by atoms with E-state index in [0.717, 1.165) is 26.1 Å². The number of hydrogen-bond donors (Lipinski definition) is 2. The van der Waals surface area contributed by atoms with Crippen LogP contribution >= 0.6 is 0 Å². The minimum absolute atomic E-state index is 0.0478. The predicted molar refractivity (Wildman–Crippen MR) is 76.0 cm³/mol. The first-order valence-electron chi connectivity index (χ1n) is 6.94. The summed E-state index contributed by atoms with van der Waals surface area (Å²) in [5, 5.41) is 12.7. The fourth-order valence-electron chi connectivity index (χ4n) is 2.64. The summed E-state index contributed by atoms with van der Waals surface area (Å²) in [5.41, 5.74) is 1.36. The molecule has 2 atom stereocenters. The van der Waals surface area contributed by atoms with Gasteiger partial charge in [-0.2, -0.15) is 0 Å². The van der Waals surface area contributed by atoms with Gasteiger partial charge in [0.1, 0.15) is 0 Å². The summed E-state index contributed by atoms with van der Waals surface area (Å²) in [4.78, 5) is 2.45. The maximum atomic E-state index is 9.26. The van der Waals surface area contributed by atoms with E-state index in [4.69, 9.17) is 4.74 Å². The molecule has 1 aliphatic heterocycles. The van der Waals surface area contributed by atoms with Crippen molar-refractivity contribution < 1.29 is 9.84 Å². The molecule has 19 heavy (non-hydrogen) atoms. The molecule has 4 heteroatoms. The molecule has 0 aliphatic carbocycles. The molecule has 0 aromatic heterocycles. The first kappa shape index (κ1) is 14.5. The minimum atomic E-state index is 0.0478. The zero-order valence-electron chi connectivity index (χ0n) is 11.6. The molecule has 1 heterocycles. The Kier molecular flexibility index (Phi) is 5.79. The zero-order valence-corrected chi connectivity index (χ0v) is 11.6. The molecule has 0 radical (unpaired) electrons. The summed E-state index contributed by atoms with van der Waals surface area (Å²) in [6, 6.07) is 11.1. The van der Waals surface area contributed by atoms with Crippen LogP contribution in [0.4, 0.5) is 0 Å². The van der Waals surface area contributed by atoms with Crippen molar-refractivity contribution in [2.75, 3.05) is 33.4 Å². The van der Waals surface area contributed by atoms with Gasteiger partial charge in [-0.15, -0.1) is 0 Å². The van der Waals surface area contributed by atoms with E-state index in [-0.39, 0.29) is 12.6 Å². The van der Waals surface area contributed by atoms with Crippen LogP contribution < -0.4 is 5.32 Å². The van der Waals surface area contributed by atoms with Crippen LogP contribution in [0.1, 0.15) is 12.0 Å². The summed E-state index contributed by atoms with van der Waals surface area (Å²) in [5.74, 6) is 0. The molecule has 106 valence electrons. The van der Waals surface area contributed by atoms with Gasteiger partial charge < -0.3 is 15.2 Å². The predicted octanol–water partition coefficient (Wildman–Crippen LogP) is 0.858. The van der Waals surface area contributed by atoms with Crippen LogP contribution in [-0.4, -0.2) is 55.5 Å². The van der Waals surface area contributed by atoms with Crippen LogP contribution in [0.15, 0.2) is 30.3 Å². The number of methoxy groups -OCH3 is 1. The lowest BCUT2D eigenvalue weighted by Crippen LogP contribution is -2.44. The van der Waals surface area contributed by atoms with Crippen molar-refractivity contribution in [1.82, 2.24) is 10.2 Å². The Bertz CT molecular complexity index is 358. The van der Waals surface area contributed by atoms with E-state index >= 15 is 0 Å². The van der Waals surface area contributed by atoms with Gasteiger partial charge in [0.25, 0.3) is 0 Å². The maximum absolute atomic E-state index is 9.26. The van der Waals surface area contributed by atoms with Gasteiger partial charge in [0.05, 0.1) is 19.3 Å². The zero-order chi connectivity index (χ0) is 13.5. The molecule has 0 spiro atoms. The summed E-state index contributed by atoms with van der Waals surface area (Å²) >= 11 is 0. The van der Waals surface area contributed by atoms with E-state index < -0.39 is 0 Å². The first-order valence-corrected chi connectivity index (χ1v) is 6.94. The summed E-state index contributed by atoms with van der Waals surface area (Å²) in [6.45, 7) is 3.84. The Hall–Kier alpha value is -0.940. The molecule has 1 saturated heterocycles. The Morgan fingerprint density at radius 3 is 2.89 bits per heavy atom. The van der Waals surface area contributed by atoms with Crippen molar-refractivity contribution in [3.05, 3.63) is 35.9 Å². The summed E-state index contributed by atoms with van der Waals surface area (Å²) < 4.78 is 5.09. The highest BCUT2D eigenvalue weighted by Crippen LogP contribution is 2.13. The molecular formula is C15H24N2O2. The third-order valence-corrected chi connectivity index (χ3v) is 3.58. The van der Waals surface area contributed by atoms with E-state index in [1.165, 1.54) is 5.56 Å². The molecule has 1 aromatic carbocycles. The molecule has 2 rings (SSSR count). The molecule has 0 bridgehead atoms. The number of benzene rings is 1. The standard InChI is InChI=1S/C15H24N2O2/c1-19-12-15(11-18)16-14-7-8-17(10-14)9-13-5-3-2-4-6-13/h2-6,14-16,18H,7-12H2,1H3. The molecular weight excluding hydrogens is 240 g/mol. The normalized spacial score (nSPS) is 21.7. The molecule has 1 fully saturated rings. The fourth-order valence-corrected chi connectivity index (χ4v) is 2.64. The van der Waals surface area contributed by atoms with Gasteiger partial charge in [-0.3, -0.25) is 4.90 Å². The van der Waals surface area contributed by atoms with Gasteiger partial charge in [-0.1, -0.05) is 30.3 Å². The lowest BCUT2D eigenvalue weighted by Gasteiger charge is -2.21. The van der Waals surface area contributed by atoms with Crippen molar-refractivity contribution in [3.8, 4) is 0 Å². The van der Waals surface area contributed by atoms with Crippen molar-refractivity contribution in [3.63, 3.8) is 0 Å². The van der Waals surface area contributed by atoms with Gasteiger partial charge >= 0.3 is 0 Å². The van der Waals surface area contributed by atoms with Crippen LogP contribution in [0.3, 0.4) is 0 Å². The molecule has 2 unspecified atom stereocenters. The summed E-state index contributed by atoms with van der Waals surface area (Å²) in [6.07, 6.45) is 1.13. The van der Waals surface area contributed by atoms with E-state index in [1.807, 2.05) is 0 Å². The SMILES string of the molecule is COCC(CO)NC1CCN(Cc2ccccc2)C1. The Morgan fingerprint density at radius 2 is 2.21 bits per heavy atom. The fraction of sp³-hybridized carbons (Fsp3) is 0.600. The number of aliphatic hydroxyl groups excluding tert-OH is 1. The van der Waals surface area contributed by atoms with Gasteiger partial charge in [-0.25, -0.2) is 0 Å². The van der Waals surface area contributed by atoms with Crippen LogP contribution in [0.2, 0.25) is 0 Å². The second kappa shape index (κ2) is 7.60. The molecule has 2 N–H and O–H groups in total. The van der Waals surface area contributed by atoms with Crippen molar-refractivity contribution >= 4 is 0 Å². The van der Waals surface area contributed by atoms with Crippen molar-refractivity contribution in [2.45, 2.75) is 25.0 Å². The number of ether oxygens (including phenoxy) is 1. The Morgan fingerprint density at radius 1 is 1.42 bits per heavy atom. The van der Waals surface area contributed by atoms with Gasteiger partial charge in [-0.05, 0) is 12.0 Å². The highest BCUT2D eigenvalue weighted by atomic mass is 16.5. The van der Waals surface area contributed by atoms with Gasteiger partial charge in [0.2, 0.25) is 0 Å². The minimum Gasteiger partial charge on any atom is -0.395 e. The highest BCUT2D eigenvalue weighted by Gasteiger charge is 2.24. The van der Waals surface area contributed by atoms with Crippen molar-refractivity contribution in [1.29, 1.82) is 0 Å². The lowest BCUT2D eigenvalue weighted by molar-refractivity contribution is 0.122. The second-order valence-corrected chi connectivity index (χ2v) is 5.21. The van der Waals surface area contributed by atoms with Crippen molar-refractivity contribution in [2.24, 2.45) is 0 Å². The van der Waals surface area contributed by atoms with Gasteiger partial charge in [0, 0.05) is 32.8 Å². The number of likely N-dealkylation sites (tertiary alicyclic amines) is 1. The number of aliphatic hydroxyl groups is 1. The average molecular weight is 264 g/mol. The summed E-state index contributed by atoms with van der Waals surface area (Å²) in [7, 11) is 1.67. The average Bonchev–Trinajstić information content (AvgIpc) is 2.86. The molecule has 0 saturated carbocycles. The Labute approximate surface area is 115 Å². The molecule has 1 aromatic rings. The maximum Gasteiger partial charge on any atom is 0.0638 e. The molecule has 0 amide bonds. The lowest BCUT2D eigenvalue weighted by atomic mass is 10.2. The number of rotatable bonds is 7. The number of nitrogens with zero attached hydrogens (tertiary/aromatic N) is 1. The van der Waals surface area contributed by atoms with E-state index in [0.29, 0.717) is 12.6 Å².